The monoisotopic (exact) mass is 430 g/mol. The molecule has 0 saturated heterocycles. The van der Waals surface area contributed by atoms with Crippen LogP contribution in [0.1, 0.15) is 24.9 Å². The number of nitrogens with one attached hydrogen (secondary N) is 2. The number of carbonyl (C=O) groups excluding carboxylic acids is 2. The van der Waals surface area contributed by atoms with Gasteiger partial charge >= 0.3 is 5.97 Å². The Balaban J connectivity index is 1.92. The van der Waals surface area contributed by atoms with Gasteiger partial charge in [0, 0.05) is 11.3 Å². The molecule has 29 heavy (non-hydrogen) atoms. The molecule has 1 aliphatic carbocycles. The number of hydrogen-bond acceptors (Lipinski definition) is 5. The van der Waals surface area contributed by atoms with Crippen LogP contribution in [-0.4, -0.2) is 18.9 Å². The van der Waals surface area contributed by atoms with Crippen molar-refractivity contribution in [3.8, 4) is 0 Å². The molecule has 0 saturated carbocycles. The van der Waals surface area contributed by atoms with Gasteiger partial charge in [-0.05, 0) is 36.1 Å². The highest BCUT2D eigenvalue weighted by atomic mass is 35.5. The fourth-order valence-corrected chi connectivity index (χ4v) is 4.53. The van der Waals surface area contributed by atoms with Crippen LogP contribution in [-0.2, 0) is 14.3 Å². The van der Waals surface area contributed by atoms with Crippen molar-refractivity contribution in [3.63, 3.8) is 0 Å². The van der Waals surface area contributed by atoms with E-state index in [4.69, 9.17) is 27.9 Å². The minimum Gasteiger partial charge on any atom is -0.468 e. The highest BCUT2D eigenvalue weighted by Gasteiger charge is 2.44. The second kappa shape index (κ2) is 7.73. The van der Waals surface area contributed by atoms with Crippen LogP contribution in [0.2, 0.25) is 10.0 Å². The summed E-state index contributed by atoms with van der Waals surface area (Å²) in [6.45, 7) is 1.89. The Kier molecular flexibility index (Phi) is 5.28. The molecule has 2 aromatic rings. The summed E-state index contributed by atoms with van der Waals surface area (Å²) in [4.78, 5) is 25.9. The van der Waals surface area contributed by atoms with Gasteiger partial charge in [0.05, 0.1) is 34.6 Å². The van der Waals surface area contributed by atoms with Crippen molar-refractivity contribution in [2.75, 3.05) is 17.7 Å². The molecule has 7 heteroatoms. The van der Waals surface area contributed by atoms with E-state index in [9.17, 15) is 9.59 Å². The summed E-state index contributed by atoms with van der Waals surface area (Å²) in [7, 11) is 1.30. The van der Waals surface area contributed by atoms with Gasteiger partial charge in [-0.15, -0.1) is 0 Å². The number of rotatable bonds is 2. The predicted octanol–water partition coefficient (Wildman–Crippen LogP) is 5.22. The van der Waals surface area contributed by atoms with Crippen LogP contribution >= 0.6 is 23.2 Å². The van der Waals surface area contributed by atoms with Gasteiger partial charge in [0.25, 0.3) is 0 Å². The summed E-state index contributed by atoms with van der Waals surface area (Å²) in [5.74, 6) is -1.84. The number of allylic oxidation sites excluding steroid dienone is 1. The zero-order valence-electron chi connectivity index (χ0n) is 16.0. The number of benzene rings is 2. The lowest BCUT2D eigenvalue weighted by Gasteiger charge is -2.32. The third kappa shape index (κ3) is 3.38. The standard InChI is InChI=1S/C22H20Cl2N2O3/c1-11-10-16-18(21(27)17(11)22(28)29-2)20(12-6-5-7-13(23)19(12)24)26-15-9-4-3-8-14(15)25-16/h3-9,11,17,20,25-26H,10H2,1-2H3/t11-,17+,20+/m1/s1. The number of ketones is 1. The first kappa shape index (κ1) is 19.8. The minimum atomic E-state index is -0.857. The van der Waals surface area contributed by atoms with Crippen LogP contribution in [0.5, 0.6) is 0 Å². The number of hydrogen-bond donors (Lipinski definition) is 2. The Morgan fingerprint density at radius 2 is 1.83 bits per heavy atom. The Morgan fingerprint density at radius 3 is 2.55 bits per heavy atom. The molecule has 2 aromatic carbocycles. The van der Waals surface area contributed by atoms with E-state index in [1.807, 2.05) is 37.3 Å². The maximum atomic E-state index is 13.5. The van der Waals surface area contributed by atoms with Crippen molar-refractivity contribution in [1.82, 2.24) is 0 Å². The number of methoxy groups -OCH3 is 1. The first-order valence-electron chi connectivity index (χ1n) is 9.34. The van der Waals surface area contributed by atoms with Crippen molar-refractivity contribution in [2.24, 2.45) is 11.8 Å². The number of ether oxygens (including phenoxy) is 1. The third-order valence-electron chi connectivity index (χ3n) is 5.52. The molecular formula is C22H20Cl2N2O3. The lowest BCUT2D eigenvalue weighted by molar-refractivity contribution is -0.151. The van der Waals surface area contributed by atoms with Crippen LogP contribution in [0.25, 0.3) is 0 Å². The fourth-order valence-electron chi connectivity index (χ4n) is 4.11. The summed E-state index contributed by atoms with van der Waals surface area (Å²) in [6, 6.07) is 12.5. The average molecular weight is 431 g/mol. The average Bonchev–Trinajstić information content (AvgIpc) is 2.86. The van der Waals surface area contributed by atoms with E-state index < -0.39 is 17.9 Å². The summed E-state index contributed by atoms with van der Waals surface area (Å²) < 4.78 is 4.92. The second-order valence-corrected chi connectivity index (χ2v) is 8.11. The number of fused-ring (bicyclic) bond motifs is 1. The third-order valence-corrected chi connectivity index (χ3v) is 6.35. The van der Waals surface area contributed by atoms with E-state index in [2.05, 4.69) is 10.6 Å². The molecule has 2 N–H and O–H groups in total. The molecule has 1 aliphatic heterocycles. The largest absolute Gasteiger partial charge is 0.468 e. The van der Waals surface area contributed by atoms with E-state index in [-0.39, 0.29) is 11.7 Å². The molecule has 0 spiro atoms. The molecular weight excluding hydrogens is 411 g/mol. The lowest BCUT2D eigenvalue weighted by atomic mass is 9.75. The molecule has 1 heterocycles. The molecule has 3 atom stereocenters. The van der Waals surface area contributed by atoms with Crippen molar-refractivity contribution >= 4 is 46.3 Å². The minimum absolute atomic E-state index is 0.193. The first-order chi connectivity index (χ1) is 13.9. The first-order valence-corrected chi connectivity index (χ1v) is 10.1. The number of carbonyl (C=O) groups is 2. The molecule has 0 unspecified atom stereocenters. The van der Waals surface area contributed by atoms with Crippen LogP contribution in [0.3, 0.4) is 0 Å². The van der Waals surface area contributed by atoms with Crippen LogP contribution in [0, 0.1) is 11.8 Å². The highest BCUT2D eigenvalue weighted by molar-refractivity contribution is 6.42. The Labute approximate surface area is 179 Å². The van der Waals surface area contributed by atoms with Crippen LogP contribution < -0.4 is 10.6 Å². The lowest BCUT2D eigenvalue weighted by Crippen LogP contribution is -2.39. The Bertz CT molecular complexity index is 1030. The molecule has 0 radical (unpaired) electrons. The van der Waals surface area contributed by atoms with Gasteiger partial charge in [0.15, 0.2) is 5.78 Å². The van der Waals surface area contributed by atoms with E-state index in [0.717, 1.165) is 17.1 Å². The van der Waals surface area contributed by atoms with Gasteiger partial charge in [-0.1, -0.05) is 54.4 Å². The van der Waals surface area contributed by atoms with E-state index in [1.54, 1.807) is 12.1 Å². The normalized spacial score (nSPS) is 23.3. The van der Waals surface area contributed by atoms with Crippen LogP contribution in [0.4, 0.5) is 11.4 Å². The molecule has 5 nitrogen and oxygen atoms in total. The molecule has 0 bridgehead atoms. The van der Waals surface area contributed by atoms with Gasteiger partial charge in [-0.3, -0.25) is 9.59 Å². The quantitative estimate of drug-likeness (QED) is 0.504. The van der Waals surface area contributed by atoms with Crippen molar-refractivity contribution in [2.45, 2.75) is 19.4 Å². The molecule has 0 fully saturated rings. The topological polar surface area (TPSA) is 67.4 Å². The molecule has 150 valence electrons. The smallest absolute Gasteiger partial charge is 0.316 e. The number of Topliss-reactive ketones (excluding diaryl/α,β-unsaturated/α-hetero) is 1. The van der Waals surface area contributed by atoms with Crippen LogP contribution in [0.15, 0.2) is 53.7 Å². The van der Waals surface area contributed by atoms with Gasteiger partial charge in [0.1, 0.15) is 5.92 Å². The van der Waals surface area contributed by atoms with Gasteiger partial charge in [-0.2, -0.15) is 0 Å². The summed E-state index contributed by atoms with van der Waals surface area (Å²) >= 11 is 12.8. The summed E-state index contributed by atoms with van der Waals surface area (Å²) in [5.41, 5.74) is 3.63. The van der Waals surface area contributed by atoms with E-state index >= 15 is 0 Å². The maximum Gasteiger partial charge on any atom is 0.316 e. The van der Waals surface area contributed by atoms with Crippen molar-refractivity contribution < 1.29 is 14.3 Å². The van der Waals surface area contributed by atoms with Crippen molar-refractivity contribution in [1.29, 1.82) is 0 Å². The molecule has 0 amide bonds. The number of esters is 1. The summed E-state index contributed by atoms with van der Waals surface area (Å²) in [6.07, 6.45) is 0.533. The number of para-hydroxylation sites is 2. The zero-order chi connectivity index (χ0) is 20.7. The Hall–Kier alpha value is -2.50. The fraction of sp³-hybridized carbons (Fsp3) is 0.273. The molecule has 2 aliphatic rings. The van der Waals surface area contributed by atoms with Gasteiger partial charge in [0.2, 0.25) is 0 Å². The summed E-state index contributed by atoms with van der Waals surface area (Å²) in [5, 5.41) is 7.61. The molecule has 4 rings (SSSR count). The maximum absolute atomic E-state index is 13.5. The van der Waals surface area contributed by atoms with Gasteiger partial charge in [-0.25, -0.2) is 0 Å². The predicted molar refractivity (Wildman–Crippen MR) is 114 cm³/mol. The number of halogens is 2. The van der Waals surface area contributed by atoms with E-state index in [0.29, 0.717) is 27.6 Å². The van der Waals surface area contributed by atoms with Gasteiger partial charge < -0.3 is 15.4 Å². The number of anilines is 2. The second-order valence-electron chi connectivity index (χ2n) is 7.33. The zero-order valence-corrected chi connectivity index (χ0v) is 17.5. The SMILES string of the molecule is COC(=O)[C@@H]1C(=O)C2=C(C[C@H]1C)Nc1ccccc1N[C@H]2c1cccc(Cl)c1Cl. The van der Waals surface area contributed by atoms with Crippen molar-refractivity contribution in [3.05, 3.63) is 69.3 Å². The Morgan fingerprint density at radius 1 is 1.10 bits per heavy atom. The van der Waals surface area contributed by atoms with E-state index in [1.165, 1.54) is 7.11 Å². The highest BCUT2D eigenvalue weighted by Crippen LogP contribution is 2.45. The molecule has 0 aromatic heterocycles.